The molecule has 1 aliphatic carbocycles. The number of rotatable bonds is 2. The normalized spacial score (nSPS) is 17.9. The maximum Gasteiger partial charge on any atom is 0.265 e. The number of thiophene rings is 1. The Morgan fingerprint density at radius 3 is 2.54 bits per heavy atom. The SMILES string of the molecule is CN(C(=O)c1sc2cc3c(cc2c1Cl)OCCO3)C1CCCCC1. The van der Waals surface area contributed by atoms with Gasteiger partial charge in [0.2, 0.25) is 0 Å². The minimum absolute atomic E-state index is 0.0212. The van der Waals surface area contributed by atoms with E-state index in [1.165, 1.54) is 30.6 Å². The molecule has 0 atom stereocenters. The van der Waals surface area contributed by atoms with Crippen LogP contribution in [-0.2, 0) is 0 Å². The quantitative estimate of drug-likeness (QED) is 0.772. The number of halogens is 1. The van der Waals surface area contributed by atoms with E-state index in [0.29, 0.717) is 34.9 Å². The Morgan fingerprint density at radius 2 is 1.83 bits per heavy atom. The van der Waals surface area contributed by atoms with Crippen molar-refractivity contribution in [2.75, 3.05) is 20.3 Å². The second kappa shape index (κ2) is 6.45. The molecule has 2 aliphatic rings. The molecule has 4 rings (SSSR count). The van der Waals surface area contributed by atoms with Gasteiger partial charge in [0.05, 0.1) is 5.02 Å². The summed E-state index contributed by atoms with van der Waals surface area (Å²) in [6.45, 7) is 1.09. The van der Waals surface area contributed by atoms with E-state index in [9.17, 15) is 4.79 Å². The van der Waals surface area contributed by atoms with Crippen LogP contribution in [0.2, 0.25) is 5.02 Å². The fourth-order valence-corrected chi connectivity index (χ4v) is 5.03. The van der Waals surface area contributed by atoms with E-state index >= 15 is 0 Å². The maximum atomic E-state index is 12.9. The minimum Gasteiger partial charge on any atom is -0.486 e. The third kappa shape index (κ3) is 2.74. The zero-order valence-electron chi connectivity index (χ0n) is 13.6. The standard InChI is InChI=1S/C18H20ClNO3S/c1-20(11-5-3-2-4-6-11)18(21)17-16(19)12-9-13-14(10-15(12)24-17)23-8-7-22-13/h9-11H,2-8H2,1H3. The third-order valence-electron chi connectivity index (χ3n) is 4.93. The van der Waals surface area contributed by atoms with E-state index in [2.05, 4.69) is 0 Å². The van der Waals surface area contributed by atoms with Crippen molar-refractivity contribution in [2.45, 2.75) is 38.1 Å². The van der Waals surface area contributed by atoms with Gasteiger partial charge in [-0.05, 0) is 18.9 Å². The average Bonchev–Trinajstić information content (AvgIpc) is 2.95. The summed E-state index contributed by atoms with van der Waals surface area (Å²) in [5, 5.41) is 1.39. The number of ether oxygens (including phenoxy) is 2. The Balaban J connectivity index is 1.68. The first-order valence-corrected chi connectivity index (χ1v) is 9.63. The van der Waals surface area contributed by atoms with E-state index in [0.717, 1.165) is 28.7 Å². The van der Waals surface area contributed by atoms with E-state index in [-0.39, 0.29) is 5.91 Å². The van der Waals surface area contributed by atoms with Crippen molar-refractivity contribution in [3.63, 3.8) is 0 Å². The van der Waals surface area contributed by atoms with Crippen molar-refractivity contribution >= 4 is 38.9 Å². The van der Waals surface area contributed by atoms with Gasteiger partial charge in [-0.2, -0.15) is 0 Å². The lowest BCUT2D eigenvalue weighted by molar-refractivity contribution is 0.0701. The first-order chi connectivity index (χ1) is 11.6. The highest BCUT2D eigenvalue weighted by Crippen LogP contribution is 2.43. The number of carbonyl (C=O) groups excluding carboxylic acids is 1. The van der Waals surface area contributed by atoms with Gasteiger partial charge in [0.1, 0.15) is 18.1 Å². The van der Waals surface area contributed by atoms with Crippen molar-refractivity contribution in [3.05, 3.63) is 22.0 Å². The summed E-state index contributed by atoms with van der Waals surface area (Å²) in [7, 11) is 1.90. The van der Waals surface area contributed by atoms with Crippen LogP contribution in [0.3, 0.4) is 0 Å². The van der Waals surface area contributed by atoms with Gasteiger partial charge in [0, 0.05) is 29.2 Å². The highest BCUT2D eigenvalue weighted by molar-refractivity contribution is 7.21. The number of nitrogens with zero attached hydrogens (tertiary/aromatic N) is 1. The number of hydrogen-bond donors (Lipinski definition) is 0. The van der Waals surface area contributed by atoms with Gasteiger partial charge in [-0.25, -0.2) is 0 Å². The Hall–Kier alpha value is -1.46. The molecule has 6 heteroatoms. The van der Waals surface area contributed by atoms with Crippen LogP contribution in [0.5, 0.6) is 11.5 Å². The predicted octanol–water partition coefficient (Wildman–Crippen LogP) is 4.73. The zero-order chi connectivity index (χ0) is 16.7. The van der Waals surface area contributed by atoms with Gasteiger partial charge in [0.15, 0.2) is 11.5 Å². The summed E-state index contributed by atoms with van der Waals surface area (Å²) in [5.41, 5.74) is 0. The van der Waals surface area contributed by atoms with E-state index in [1.807, 2.05) is 24.1 Å². The molecule has 0 unspecified atom stereocenters. The van der Waals surface area contributed by atoms with Gasteiger partial charge < -0.3 is 14.4 Å². The Labute approximate surface area is 150 Å². The van der Waals surface area contributed by atoms with Gasteiger partial charge in [-0.3, -0.25) is 4.79 Å². The second-order valence-corrected chi connectivity index (χ2v) is 7.88. The topological polar surface area (TPSA) is 38.8 Å². The van der Waals surface area contributed by atoms with E-state index in [4.69, 9.17) is 21.1 Å². The summed E-state index contributed by atoms with van der Waals surface area (Å²) in [4.78, 5) is 15.4. The Morgan fingerprint density at radius 1 is 1.17 bits per heavy atom. The van der Waals surface area contributed by atoms with E-state index < -0.39 is 0 Å². The Kier molecular flexibility index (Phi) is 4.31. The molecular weight excluding hydrogens is 346 g/mol. The molecule has 1 amide bonds. The molecule has 1 aromatic carbocycles. The molecule has 128 valence electrons. The van der Waals surface area contributed by atoms with Crippen LogP contribution in [0.1, 0.15) is 41.8 Å². The van der Waals surface area contributed by atoms with Gasteiger partial charge in [-0.1, -0.05) is 30.9 Å². The van der Waals surface area contributed by atoms with Crippen LogP contribution >= 0.6 is 22.9 Å². The number of amides is 1. The number of fused-ring (bicyclic) bond motifs is 2. The second-order valence-electron chi connectivity index (χ2n) is 6.45. The molecular formula is C18H20ClNO3S. The fraction of sp³-hybridized carbons (Fsp3) is 0.500. The van der Waals surface area contributed by atoms with E-state index in [1.54, 1.807) is 0 Å². The lowest BCUT2D eigenvalue weighted by atomic mass is 9.94. The monoisotopic (exact) mass is 365 g/mol. The molecule has 1 aliphatic heterocycles. The summed E-state index contributed by atoms with van der Waals surface area (Å²) >= 11 is 7.98. The zero-order valence-corrected chi connectivity index (χ0v) is 15.2. The number of hydrogen-bond acceptors (Lipinski definition) is 4. The first-order valence-electron chi connectivity index (χ1n) is 8.44. The van der Waals surface area contributed by atoms with Crippen LogP contribution < -0.4 is 9.47 Å². The smallest absolute Gasteiger partial charge is 0.265 e. The molecule has 2 aromatic rings. The van der Waals surface area contributed by atoms with Crippen LogP contribution in [0.4, 0.5) is 0 Å². The molecule has 0 N–H and O–H groups in total. The lowest BCUT2D eigenvalue weighted by Crippen LogP contribution is -2.38. The highest BCUT2D eigenvalue weighted by atomic mass is 35.5. The summed E-state index contributed by atoms with van der Waals surface area (Å²) in [5.74, 6) is 1.45. The maximum absolute atomic E-state index is 12.9. The molecule has 2 heterocycles. The van der Waals surface area contributed by atoms with Crippen molar-refractivity contribution in [2.24, 2.45) is 0 Å². The average molecular weight is 366 g/mol. The molecule has 4 nitrogen and oxygen atoms in total. The Bertz CT molecular complexity index is 782. The molecule has 1 fully saturated rings. The first kappa shape index (κ1) is 16.0. The molecule has 1 saturated carbocycles. The van der Waals surface area contributed by atoms with Crippen LogP contribution in [0, 0.1) is 0 Å². The number of carbonyl (C=O) groups is 1. The molecule has 1 aromatic heterocycles. The number of benzene rings is 1. The molecule has 0 spiro atoms. The van der Waals surface area contributed by atoms with Gasteiger partial charge in [0.25, 0.3) is 5.91 Å². The minimum atomic E-state index is 0.0212. The predicted molar refractivity (Wildman–Crippen MR) is 96.8 cm³/mol. The molecule has 0 saturated heterocycles. The van der Waals surface area contributed by atoms with Crippen molar-refractivity contribution in [1.82, 2.24) is 4.90 Å². The van der Waals surface area contributed by atoms with Crippen LogP contribution in [0.25, 0.3) is 10.1 Å². The van der Waals surface area contributed by atoms with Crippen molar-refractivity contribution in [1.29, 1.82) is 0 Å². The van der Waals surface area contributed by atoms with Gasteiger partial charge in [-0.15, -0.1) is 11.3 Å². The third-order valence-corrected chi connectivity index (χ3v) is 6.57. The molecule has 24 heavy (non-hydrogen) atoms. The lowest BCUT2D eigenvalue weighted by Gasteiger charge is -2.31. The summed E-state index contributed by atoms with van der Waals surface area (Å²) in [6, 6.07) is 4.14. The summed E-state index contributed by atoms with van der Waals surface area (Å²) in [6.07, 6.45) is 5.84. The molecule has 0 radical (unpaired) electrons. The van der Waals surface area contributed by atoms with Crippen LogP contribution in [0.15, 0.2) is 12.1 Å². The fourth-order valence-electron chi connectivity index (χ4n) is 3.54. The highest BCUT2D eigenvalue weighted by Gasteiger charge is 2.27. The van der Waals surface area contributed by atoms with Crippen LogP contribution in [-0.4, -0.2) is 37.1 Å². The van der Waals surface area contributed by atoms with Crippen molar-refractivity contribution < 1.29 is 14.3 Å². The largest absolute Gasteiger partial charge is 0.486 e. The molecule has 0 bridgehead atoms. The van der Waals surface area contributed by atoms with Gasteiger partial charge >= 0.3 is 0 Å². The van der Waals surface area contributed by atoms with Crippen molar-refractivity contribution in [3.8, 4) is 11.5 Å². The summed E-state index contributed by atoms with van der Waals surface area (Å²) < 4.78 is 12.2.